The van der Waals surface area contributed by atoms with E-state index >= 15 is 0 Å². The molecule has 0 unspecified atom stereocenters. The van der Waals surface area contributed by atoms with Gasteiger partial charge in [-0.3, -0.25) is 0 Å². The topological polar surface area (TPSA) is 46.5 Å². The SMILES string of the molecule is CC(C)[Si](Oc1ccsc1C(=O)O)(C(C)C)C(C)C. The number of hydrogen-bond donors (Lipinski definition) is 1. The fourth-order valence-corrected chi connectivity index (χ4v) is 9.06. The highest BCUT2D eigenvalue weighted by Gasteiger charge is 2.47. The predicted molar refractivity (Wildman–Crippen MR) is 83.0 cm³/mol. The highest BCUT2D eigenvalue weighted by atomic mass is 32.1. The van der Waals surface area contributed by atoms with Crippen molar-refractivity contribution in [1.82, 2.24) is 0 Å². The maximum absolute atomic E-state index is 11.2. The van der Waals surface area contributed by atoms with Crippen LogP contribution >= 0.6 is 11.3 Å². The number of carboxylic acid groups (broad SMARTS) is 1. The molecular formula is C14H24O3SSi. The van der Waals surface area contributed by atoms with Crippen molar-refractivity contribution in [2.45, 2.75) is 58.2 Å². The average Bonchev–Trinajstić information content (AvgIpc) is 2.71. The fraction of sp³-hybridized carbons (Fsp3) is 0.643. The lowest BCUT2D eigenvalue weighted by atomic mass is 10.4. The Morgan fingerprint density at radius 2 is 1.63 bits per heavy atom. The van der Waals surface area contributed by atoms with Gasteiger partial charge in [0.2, 0.25) is 0 Å². The van der Waals surface area contributed by atoms with Crippen LogP contribution in [0.2, 0.25) is 16.6 Å². The maximum atomic E-state index is 11.2. The van der Waals surface area contributed by atoms with E-state index in [1.807, 2.05) is 0 Å². The van der Waals surface area contributed by atoms with E-state index in [9.17, 15) is 9.90 Å². The molecule has 0 saturated heterocycles. The van der Waals surface area contributed by atoms with Gasteiger partial charge >= 0.3 is 5.97 Å². The molecule has 1 heterocycles. The third kappa shape index (κ3) is 3.03. The van der Waals surface area contributed by atoms with Crippen LogP contribution in [0.1, 0.15) is 51.2 Å². The lowest BCUT2D eigenvalue weighted by Gasteiger charge is -2.42. The normalized spacial score (nSPS) is 12.5. The summed E-state index contributed by atoms with van der Waals surface area (Å²) in [6.07, 6.45) is 0. The number of carbonyl (C=O) groups is 1. The minimum absolute atomic E-state index is 0.318. The van der Waals surface area contributed by atoms with Crippen LogP contribution in [0.3, 0.4) is 0 Å². The van der Waals surface area contributed by atoms with Gasteiger partial charge in [0, 0.05) is 0 Å². The number of hydrogen-bond acceptors (Lipinski definition) is 3. The molecule has 0 bridgehead atoms. The van der Waals surface area contributed by atoms with Crippen LogP contribution in [0.4, 0.5) is 0 Å². The average molecular weight is 300 g/mol. The number of aromatic carboxylic acids is 1. The minimum Gasteiger partial charge on any atom is -0.542 e. The zero-order valence-electron chi connectivity index (χ0n) is 12.6. The molecule has 108 valence electrons. The quantitative estimate of drug-likeness (QED) is 0.752. The van der Waals surface area contributed by atoms with Gasteiger partial charge in [0.25, 0.3) is 8.32 Å². The molecule has 3 nitrogen and oxygen atoms in total. The Morgan fingerprint density at radius 1 is 1.16 bits per heavy atom. The molecule has 0 fully saturated rings. The molecule has 1 N–H and O–H groups in total. The Balaban J connectivity index is 3.21. The second kappa shape index (κ2) is 6.09. The lowest BCUT2D eigenvalue weighted by molar-refractivity contribution is 0.0700. The molecule has 0 saturated carbocycles. The summed E-state index contributed by atoms with van der Waals surface area (Å²) in [7, 11) is -2.07. The van der Waals surface area contributed by atoms with E-state index in [-0.39, 0.29) is 0 Å². The Morgan fingerprint density at radius 3 is 2.00 bits per heavy atom. The van der Waals surface area contributed by atoms with Crippen molar-refractivity contribution in [3.63, 3.8) is 0 Å². The summed E-state index contributed by atoms with van der Waals surface area (Å²) in [5.74, 6) is -0.343. The van der Waals surface area contributed by atoms with E-state index < -0.39 is 14.3 Å². The summed E-state index contributed by atoms with van der Waals surface area (Å²) in [5, 5.41) is 11.0. The Labute approximate surface area is 120 Å². The minimum atomic E-state index is -2.07. The van der Waals surface area contributed by atoms with E-state index in [1.54, 1.807) is 11.4 Å². The smallest absolute Gasteiger partial charge is 0.349 e. The fourth-order valence-electron chi connectivity index (χ4n) is 3.08. The van der Waals surface area contributed by atoms with Crippen LogP contribution in [-0.4, -0.2) is 19.4 Å². The molecule has 0 aliphatic rings. The molecule has 0 amide bonds. The van der Waals surface area contributed by atoms with Gasteiger partial charge in [-0.25, -0.2) is 4.79 Å². The van der Waals surface area contributed by atoms with Crippen molar-refractivity contribution < 1.29 is 14.3 Å². The van der Waals surface area contributed by atoms with Crippen molar-refractivity contribution >= 4 is 25.6 Å². The third-order valence-electron chi connectivity index (χ3n) is 3.82. The van der Waals surface area contributed by atoms with Gasteiger partial charge in [0.1, 0.15) is 5.75 Å². The highest BCUT2D eigenvalue weighted by molar-refractivity contribution is 7.12. The Hall–Kier alpha value is -0.813. The van der Waals surface area contributed by atoms with E-state index in [0.717, 1.165) is 0 Å². The summed E-state index contributed by atoms with van der Waals surface area (Å²) in [6, 6.07) is 1.79. The van der Waals surface area contributed by atoms with E-state index in [4.69, 9.17) is 4.43 Å². The molecule has 1 aromatic heterocycles. The molecule has 5 heteroatoms. The zero-order chi connectivity index (χ0) is 14.8. The van der Waals surface area contributed by atoms with Gasteiger partial charge in [-0.2, -0.15) is 0 Å². The summed E-state index contributed by atoms with van der Waals surface area (Å²) in [6.45, 7) is 13.2. The van der Waals surface area contributed by atoms with Crippen LogP contribution in [0.15, 0.2) is 11.4 Å². The molecule has 0 aliphatic heterocycles. The standard InChI is InChI=1S/C14H24O3SSi/c1-9(2)19(10(3)4,11(5)6)17-12-7-8-18-13(12)14(15)16/h7-11H,1-6H3,(H,15,16). The molecule has 0 atom stereocenters. The van der Waals surface area contributed by atoms with Crippen molar-refractivity contribution in [3.05, 3.63) is 16.3 Å². The van der Waals surface area contributed by atoms with Crippen molar-refractivity contribution in [1.29, 1.82) is 0 Å². The number of carboxylic acids is 1. The lowest BCUT2D eigenvalue weighted by Crippen LogP contribution is -2.50. The van der Waals surface area contributed by atoms with E-state index in [1.165, 1.54) is 11.3 Å². The Kier molecular flexibility index (Phi) is 5.21. The number of rotatable bonds is 6. The summed E-state index contributed by atoms with van der Waals surface area (Å²) in [5.41, 5.74) is 1.32. The van der Waals surface area contributed by atoms with Crippen LogP contribution in [-0.2, 0) is 0 Å². The van der Waals surface area contributed by atoms with Crippen LogP contribution < -0.4 is 4.43 Å². The maximum Gasteiger partial charge on any atom is 0.349 e. The first-order valence-electron chi connectivity index (χ1n) is 6.73. The first-order chi connectivity index (χ1) is 8.73. The monoisotopic (exact) mass is 300 g/mol. The van der Waals surface area contributed by atoms with Gasteiger partial charge < -0.3 is 9.53 Å². The second-order valence-electron chi connectivity index (χ2n) is 5.84. The molecule has 0 radical (unpaired) electrons. The second-order valence-corrected chi connectivity index (χ2v) is 12.1. The molecule has 0 aromatic carbocycles. The van der Waals surface area contributed by atoms with Gasteiger partial charge in [-0.15, -0.1) is 11.3 Å². The van der Waals surface area contributed by atoms with Gasteiger partial charge in [-0.05, 0) is 28.1 Å². The van der Waals surface area contributed by atoms with Gasteiger partial charge in [0.15, 0.2) is 4.88 Å². The zero-order valence-corrected chi connectivity index (χ0v) is 14.4. The largest absolute Gasteiger partial charge is 0.542 e. The number of thiophene rings is 1. The van der Waals surface area contributed by atoms with Gasteiger partial charge in [-0.1, -0.05) is 41.5 Å². The molecule has 19 heavy (non-hydrogen) atoms. The van der Waals surface area contributed by atoms with E-state index in [0.29, 0.717) is 27.3 Å². The van der Waals surface area contributed by atoms with Crippen molar-refractivity contribution in [2.75, 3.05) is 0 Å². The summed E-state index contributed by atoms with van der Waals surface area (Å²) in [4.78, 5) is 11.5. The van der Waals surface area contributed by atoms with Crippen molar-refractivity contribution in [2.24, 2.45) is 0 Å². The molecule has 0 aliphatic carbocycles. The predicted octanol–water partition coefficient (Wildman–Crippen LogP) is 5.00. The summed E-state index contributed by atoms with van der Waals surface area (Å²) < 4.78 is 6.39. The Bertz CT molecular complexity index is 416. The molecule has 1 rings (SSSR count). The first kappa shape index (κ1) is 16.2. The van der Waals surface area contributed by atoms with Crippen LogP contribution in [0.25, 0.3) is 0 Å². The van der Waals surface area contributed by atoms with Crippen LogP contribution in [0.5, 0.6) is 5.75 Å². The molecule has 0 spiro atoms. The third-order valence-corrected chi connectivity index (χ3v) is 10.7. The molecular weight excluding hydrogens is 276 g/mol. The first-order valence-corrected chi connectivity index (χ1v) is 9.75. The summed E-state index contributed by atoms with van der Waals surface area (Å²) >= 11 is 1.23. The van der Waals surface area contributed by atoms with Gasteiger partial charge in [0.05, 0.1) is 0 Å². The van der Waals surface area contributed by atoms with E-state index in [2.05, 4.69) is 41.5 Å². The highest BCUT2D eigenvalue weighted by Crippen LogP contribution is 2.44. The van der Waals surface area contributed by atoms with Crippen molar-refractivity contribution in [3.8, 4) is 5.75 Å². The molecule has 1 aromatic rings. The van der Waals surface area contributed by atoms with Crippen LogP contribution in [0, 0.1) is 0 Å².